The first-order chi connectivity index (χ1) is 26.7. The van der Waals surface area contributed by atoms with Crippen LogP contribution < -0.4 is 27.0 Å². The molecule has 0 saturated heterocycles. The van der Waals surface area contributed by atoms with Crippen LogP contribution in [0.1, 0.15) is 38.7 Å². The summed E-state index contributed by atoms with van der Waals surface area (Å²) >= 11 is 0. The summed E-state index contributed by atoms with van der Waals surface area (Å²) in [6.45, 7) is 0.560. The third-order valence-electron chi connectivity index (χ3n) is 10.1. The van der Waals surface area contributed by atoms with Crippen LogP contribution in [-0.4, -0.2) is 15.8 Å². The van der Waals surface area contributed by atoms with Crippen LogP contribution in [0.5, 0.6) is 0 Å². The summed E-state index contributed by atoms with van der Waals surface area (Å²) < 4.78 is 4.20. The first kappa shape index (κ1) is 37.0. The monoisotopic (exact) mass is 780 g/mol. The van der Waals surface area contributed by atoms with E-state index in [-0.39, 0.29) is 22.9 Å². The Morgan fingerprint density at radius 3 is 1.58 bits per heavy atom. The highest BCUT2D eigenvalue weighted by Crippen LogP contribution is 2.40. The second-order valence-corrected chi connectivity index (χ2v) is 13.5. The van der Waals surface area contributed by atoms with E-state index in [2.05, 4.69) is 142 Å². The largest absolute Gasteiger partial charge is 1.00 e. The van der Waals surface area contributed by atoms with Gasteiger partial charge in [0, 0.05) is 17.5 Å². The average molecular weight is 782 g/mol. The van der Waals surface area contributed by atoms with Crippen molar-refractivity contribution in [3.8, 4) is 22.4 Å². The molecule has 0 spiro atoms. The van der Waals surface area contributed by atoms with Crippen LogP contribution in [0, 0.1) is 0 Å². The number of carbonyl (C=O) groups is 1. The molecule has 270 valence electrons. The molecule has 6 heteroatoms. The SMILES string of the molecule is O=C(NC(c1ccccc1)(c1ccccc1)[C@H](Cc1ccccc1)[n+]1cc(-c2ccccc2-c2ccccc2)n(Cc2ccccc2)n1)c1ccccc1.[Br-]. The molecular formula is C49H41BrN4O. The van der Waals surface area contributed by atoms with E-state index in [0.29, 0.717) is 18.5 Å². The quantitative estimate of drug-likeness (QED) is 0.140. The van der Waals surface area contributed by atoms with Gasteiger partial charge in [0.05, 0.1) is 5.21 Å². The first-order valence-electron chi connectivity index (χ1n) is 18.4. The van der Waals surface area contributed by atoms with E-state index in [9.17, 15) is 4.79 Å². The Hall–Kier alpha value is -6.37. The van der Waals surface area contributed by atoms with Crippen LogP contribution in [-0.2, 0) is 18.5 Å². The minimum Gasteiger partial charge on any atom is -1.00 e. The van der Waals surface area contributed by atoms with Crippen LogP contribution in [0.15, 0.2) is 212 Å². The molecule has 0 fully saturated rings. The number of carbonyl (C=O) groups excluding carboxylic acids is 1. The van der Waals surface area contributed by atoms with Crippen molar-refractivity contribution in [2.24, 2.45) is 0 Å². The Morgan fingerprint density at radius 1 is 0.564 bits per heavy atom. The summed E-state index contributed by atoms with van der Waals surface area (Å²) in [7, 11) is 0. The molecule has 0 unspecified atom stereocenters. The van der Waals surface area contributed by atoms with E-state index in [1.807, 2.05) is 84.9 Å². The second kappa shape index (κ2) is 17.2. The summed E-state index contributed by atoms with van der Waals surface area (Å²) in [5.41, 5.74) is 8.01. The highest BCUT2D eigenvalue weighted by Gasteiger charge is 2.49. The Bertz CT molecular complexity index is 2380. The number of amides is 1. The lowest BCUT2D eigenvalue weighted by molar-refractivity contribution is -0.785. The maximum atomic E-state index is 14.6. The summed E-state index contributed by atoms with van der Waals surface area (Å²) in [5, 5.41) is 9.14. The van der Waals surface area contributed by atoms with Crippen LogP contribution in [0.2, 0.25) is 0 Å². The zero-order chi connectivity index (χ0) is 36.6. The third-order valence-corrected chi connectivity index (χ3v) is 10.1. The maximum Gasteiger partial charge on any atom is 0.252 e. The van der Waals surface area contributed by atoms with Crippen molar-refractivity contribution in [1.29, 1.82) is 0 Å². The number of hydrogen-bond donors (Lipinski definition) is 1. The van der Waals surface area contributed by atoms with Crippen molar-refractivity contribution >= 4 is 5.91 Å². The molecule has 0 aliphatic rings. The van der Waals surface area contributed by atoms with Crippen LogP contribution in [0.25, 0.3) is 22.4 Å². The standard InChI is InChI=1S/C49H40N4O.BrH/c54-48(41-27-13-4-14-28-41)50-49(42-29-15-5-16-30-42,43-31-17-6-18-32-43)47(35-38-21-7-1-8-22-38)53-37-46(52(51-53)36-39-23-9-2-10-24-39)45-34-20-19-33-44(45)40-25-11-3-12-26-40;/h1-34,37,47H,35-36H2;1H/t47-;/m0./s1. The fraction of sp³-hybridized carbons (Fsp3) is 0.0816. The normalized spacial score (nSPS) is 11.6. The van der Waals surface area contributed by atoms with E-state index < -0.39 is 11.6 Å². The van der Waals surface area contributed by atoms with Crippen molar-refractivity contribution in [2.75, 3.05) is 0 Å². The number of rotatable bonds is 12. The minimum absolute atomic E-state index is 0. The Kier molecular flexibility index (Phi) is 11.6. The molecule has 1 amide bonds. The van der Waals surface area contributed by atoms with Gasteiger partial charge in [0.15, 0.2) is 17.9 Å². The van der Waals surface area contributed by atoms with Gasteiger partial charge in [-0.15, -0.1) is 9.36 Å². The highest BCUT2D eigenvalue weighted by molar-refractivity contribution is 5.95. The first-order valence-corrected chi connectivity index (χ1v) is 18.4. The summed E-state index contributed by atoms with van der Waals surface area (Å²) in [4.78, 5) is 14.6. The number of aromatic nitrogens is 3. The van der Waals surface area contributed by atoms with Gasteiger partial charge >= 0.3 is 0 Å². The fourth-order valence-corrected chi connectivity index (χ4v) is 7.50. The van der Waals surface area contributed by atoms with Crippen LogP contribution >= 0.6 is 0 Å². The fourth-order valence-electron chi connectivity index (χ4n) is 7.50. The molecule has 0 aliphatic carbocycles. The smallest absolute Gasteiger partial charge is 0.252 e. The van der Waals surface area contributed by atoms with Crippen molar-refractivity contribution in [2.45, 2.75) is 24.5 Å². The molecule has 0 radical (unpaired) electrons. The molecule has 1 N–H and O–H groups in total. The second-order valence-electron chi connectivity index (χ2n) is 13.5. The zero-order valence-corrected chi connectivity index (χ0v) is 31.9. The molecule has 1 atom stereocenters. The molecular weight excluding hydrogens is 740 g/mol. The van der Waals surface area contributed by atoms with E-state index in [1.54, 1.807) is 0 Å². The summed E-state index contributed by atoms with van der Waals surface area (Å²) in [6.07, 6.45) is 2.75. The Labute approximate surface area is 333 Å². The van der Waals surface area contributed by atoms with E-state index >= 15 is 0 Å². The highest BCUT2D eigenvalue weighted by atomic mass is 79.9. The van der Waals surface area contributed by atoms with E-state index in [4.69, 9.17) is 5.21 Å². The predicted molar refractivity (Wildman–Crippen MR) is 216 cm³/mol. The molecule has 0 bridgehead atoms. The van der Waals surface area contributed by atoms with Crippen molar-refractivity contribution in [3.05, 3.63) is 240 Å². The predicted octanol–water partition coefficient (Wildman–Crippen LogP) is 6.71. The van der Waals surface area contributed by atoms with E-state index in [0.717, 1.165) is 44.6 Å². The zero-order valence-electron chi connectivity index (χ0n) is 30.3. The lowest BCUT2D eigenvalue weighted by atomic mass is 9.74. The van der Waals surface area contributed by atoms with Crippen molar-refractivity contribution in [1.82, 2.24) is 15.2 Å². The van der Waals surface area contributed by atoms with Gasteiger partial charge in [-0.1, -0.05) is 188 Å². The number of hydrogen-bond acceptors (Lipinski definition) is 2. The minimum atomic E-state index is -1.06. The number of halogens is 1. The van der Waals surface area contributed by atoms with E-state index in [1.165, 1.54) is 0 Å². The van der Waals surface area contributed by atoms with Gasteiger partial charge in [-0.05, 0) is 51.6 Å². The van der Waals surface area contributed by atoms with Crippen molar-refractivity contribution in [3.63, 3.8) is 0 Å². The van der Waals surface area contributed by atoms with Gasteiger partial charge in [0.1, 0.15) is 12.1 Å². The molecule has 8 aromatic rings. The van der Waals surface area contributed by atoms with Crippen LogP contribution in [0.4, 0.5) is 0 Å². The van der Waals surface area contributed by atoms with Gasteiger partial charge in [-0.3, -0.25) is 4.79 Å². The van der Waals surface area contributed by atoms with Gasteiger partial charge < -0.3 is 22.3 Å². The molecule has 5 nitrogen and oxygen atoms in total. The molecule has 0 aliphatic heterocycles. The Balaban J connectivity index is 0.00000465. The molecule has 1 heterocycles. The van der Waals surface area contributed by atoms with Gasteiger partial charge in [0.2, 0.25) is 0 Å². The number of benzene rings is 7. The third kappa shape index (κ3) is 7.96. The molecule has 0 saturated carbocycles. The lowest BCUT2D eigenvalue weighted by Gasteiger charge is -2.40. The van der Waals surface area contributed by atoms with Gasteiger partial charge in [-0.25, -0.2) is 0 Å². The average Bonchev–Trinajstić information content (AvgIpc) is 3.67. The summed E-state index contributed by atoms with van der Waals surface area (Å²) in [5.74, 6) is -0.166. The summed E-state index contributed by atoms with van der Waals surface area (Å²) in [6, 6.07) is 69.7. The van der Waals surface area contributed by atoms with Crippen LogP contribution in [0.3, 0.4) is 0 Å². The number of nitrogens with one attached hydrogen (secondary N) is 1. The number of nitrogens with zero attached hydrogens (tertiary/aromatic N) is 3. The molecule has 8 rings (SSSR count). The Morgan fingerprint density at radius 2 is 1.02 bits per heavy atom. The topological polar surface area (TPSA) is 50.8 Å². The van der Waals surface area contributed by atoms with Gasteiger partial charge in [0.25, 0.3) is 5.91 Å². The van der Waals surface area contributed by atoms with Crippen molar-refractivity contribution < 1.29 is 26.5 Å². The maximum absolute atomic E-state index is 14.6. The van der Waals surface area contributed by atoms with Gasteiger partial charge in [-0.2, -0.15) is 0 Å². The molecule has 1 aromatic heterocycles. The lowest BCUT2D eigenvalue weighted by Crippen LogP contribution is -3.00. The molecule has 7 aromatic carbocycles. The molecule has 55 heavy (non-hydrogen) atoms.